The third-order valence-electron chi connectivity index (χ3n) is 4.20. The first-order valence-electron chi connectivity index (χ1n) is 6.20. The lowest BCUT2D eigenvalue weighted by molar-refractivity contribution is 0.0267. The molecule has 3 unspecified atom stereocenters. The quantitative estimate of drug-likeness (QED) is 0.656. The molecule has 1 aliphatic rings. The Morgan fingerprint density at radius 2 is 1.64 bits per heavy atom. The van der Waals surface area contributed by atoms with Crippen molar-refractivity contribution in [3.63, 3.8) is 0 Å². The summed E-state index contributed by atoms with van der Waals surface area (Å²) in [5, 5.41) is 0. The summed E-state index contributed by atoms with van der Waals surface area (Å²) in [6.45, 7) is 15.5. The molecule has 84 valence electrons. The number of hydrogen-bond donors (Lipinski definition) is 0. The third-order valence-corrected chi connectivity index (χ3v) is 4.20. The largest absolute Gasteiger partial charge is 0.298 e. The van der Waals surface area contributed by atoms with Gasteiger partial charge in [0.1, 0.15) is 0 Å². The number of piperidine rings is 1. The molecule has 1 rings (SSSR count). The maximum atomic E-state index is 2.66. The molecule has 0 N–H and O–H groups in total. The zero-order valence-electron chi connectivity index (χ0n) is 10.7. The minimum atomic E-state index is 0.709. The fourth-order valence-electron chi connectivity index (χ4n) is 3.09. The van der Waals surface area contributed by atoms with E-state index in [4.69, 9.17) is 0 Å². The highest BCUT2D eigenvalue weighted by Crippen LogP contribution is 2.34. The molecule has 0 aromatic rings. The molecule has 0 bridgehead atoms. The SMILES string of the molecule is CC(C)C1CCN(C(C)C)C(C)C1C. The van der Waals surface area contributed by atoms with Gasteiger partial charge >= 0.3 is 0 Å². The van der Waals surface area contributed by atoms with E-state index in [0.717, 1.165) is 23.8 Å². The van der Waals surface area contributed by atoms with Gasteiger partial charge in [0.05, 0.1) is 0 Å². The fourth-order valence-corrected chi connectivity index (χ4v) is 3.09. The second kappa shape index (κ2) is 4.65. The van der Waals surface area contributed by atoms with Crippen LogP contribution < -0.4 is 0 Å². The van der Waals surface area contributed by atoms with Gasteiger partial charge in [-0.3, -0.25) is 4.90 Å². The van der Waals surface area contributed by atoms with Crippen molar-refractivity contribution >= 4 is 0 Å². The van der Waals surface area contributed by atoms with Crippen LogP contribution in [0, 0.1) is 17.8 Å². The Balaban J connectivity index is 2.64. The smallest absolute Gasteiger partial charge is 0.00980 e. The van der Waals surface area contributed by atoms with E-state index in [1.54, 1.807) is 0 Å². The molecule has 0 aliphatic carbocycles. The summed E-state index contributed by atoms with van der Waals surface area (Å²) in [7, 11) is 0. The lowest BCUT2D eigenvalue weighted by Gasteiger charge is -2.46. The van der Waals surface area contributed by atoms with Gasteiger partial charge in [-0.2, -0.15) is 0 Å². The molecule has 1 saturated heterocycles. The van der Waals surface area contributed by atoms with Crippen LogP contribution >= 0.6 is 0 Å². The van der Waals surface area contributed by atoms with E-state index in [-0.39, 0.29) is 0 Å². The molecule has 0 saturated carbocycles. The van der Waals surface area contributed by atoms with Crippen molar-refractivity contribution in [1.29, 1.82) is 0 Å². The number of nitrogens with zero attached hydrogens (tertiary/aromatic N) is 1. The first-order chi connectivity index (χ1) is 6.45. The van der Waals surface area contributed by atoms with Crippen molar-refractivity contribution in [2.45, 2.75) is 60.0 Å². The molecule has 3 atom stereocenters. The first kappa shape index (κ1) is 12.0. The van der Waals surface area contributed by atoms with Gasteiger partial charge in [0, 0.05) is 12.1 Å². The maximum absolute atomic E-state index is 2.66. The summed E-state index contributed by atoms with van der Waals surface area (Å²) >= 11 is 0. The Kier molecular flexibility index (Phi) is 4.00. The van der Waals surface area contributed by atoms with Crippen molar-refractivity contribution in [1.82, 2.24) is 4.90 Å². The monoisotopic (exact) mass is 197 g/mol. The van der Waals surface area contributed by atoms with E-state index in [0.29, 0.717) is 6.04 Å². The van der Waals surface area contributed by atoms with Crippen LogP contribution in [0.3, 0.4) is 0 Å². The molecule has 1 nitrogen and oxygen atoms in total. The fraction of sp³-hybridized carbons (Fsp3) is 1.00. The second-order valence-electron chi connectivity index (χ2n) is 5.63. The molecule has 14 heavy (non-hydrogen) atoms. The highest BCUT2D eigenvalue weighted by Gasteiger charge is 2.34. The van der Waals surface area contributed by atoms with Crippen molar-refractivity contribution in [3.05, 3.63) is 0 Å². The normalized spacial score (nSPS) is 35.6. The first-order valence-corrected chi connectivity index (χ1v) is 6.20. The summed E-state index contributed by atoms with van der Waals surface area (Å²) < 4.78 is 0. The molecular formula is C13H27N. The third kappa shape index (κ3) is 2.31. The molecule has 0 amide bonds. The zero-order valence-corrected chi connectivity index (χ0v) is 10.7. The van der Waals surface area contributed by atoms with E-state index in [1.807, 2.05) is 0 Å². The van der Waals surface area contributed by atoms with Crippen molar-refractivity contribution < 1.29 is 0 Å². The molecule has 0 aromatic heterocycles. The van der Waals surface area contributed by atoms with Crippen molar-refractivity contribution in [3.8, 4) is 0 Å². The molecule has 1 aliphatic heterocycles. The van der Waals surface area contributed by atoms with E-state index in [9.17, 15) is 0 Å². The molecule has 0 radical (unpaired) electrons. The average molecular weight is 197 g/mol. The molecule has 1 heteroatoms. The van der Waals surface area contributed by atoms with Crippen molar-refractivity contribution in [2.75, 3.05) is 6.54 Å². The highest BCUT2D eigenvalue weighted by molar-refractivity contribution is 4.87. The van der Waals surface area contributed by atoms with Gasteiger partial charge in [-0.15, -0.1) is 0 Å². The Morgan fingerprint density at radius 1 is 1.07 bits per heavy atom. The van der Waals surface area contributed by atoms with Crippen LogP contribution in [-0.2, 0) is 0 Å². The standard InChI is InChI=1S/C13H27N/c1-9(2)13-7-8-14(10(3)4)12(6)11(13)5/h9-13H,7-8H2,1-6H3. The van der Waals surface area contributed by atoms with Crippen LogP contribution in [0.25, 0.3) is 0 Å². The minimum Gasteiger partial charge on any atom is -0.298 e. The van der Waals surface area contributed by atoms with Crippen LogP contribution in [0.2, 0.25) is 0 Å². The zero-order chi connectivity index (χ0) is 10.9. The van der Waals surface area contributed by atoms with Gasteiger partial charge in [0.25, 0.3) is 0 Å². The van der Waals surface area contributed by atoms with E-state index in [2.05, 4.69) is 46.4 Å². The predicted octanol–water partition coefficient (Wildman–Crippen LogP) is 3.40. The number of hydrogen-bond acceptors (Lipinski definition) is 1. The Hall–Kier alpha value is -0.0400. The number of rotatable bonds is 2. The highest BCUT2D eigenvalue weighted by atomic mass is 15.2. The number of likely N-dealkylation sites (tertiary alicyclic amines) is 1. The van der Waals surface area contributed by atoms with E-state index >= 15 is 0 Å². The van der Waals surface area contributed by atoms with Gasteiger partial charge in [-0.1, -0.05) is 20.8 Å². The summed E-state index contributed by atoms with van der Waals surface area (Å²) in [5.41, 5.74) is 0. The lowest BCUT2D eigenvalue weighted by Crippen LogP contribution is -2.50. The Labute approximate surface area is 89.9 Å². The second-order valence-corrected chi connectivity index (χ2v) is 5.63. The van der Waals surface area contributed by atoms with E-state index in [1.165, 1.54) is 13.0 Å². The summed E-state index contributed by atoms with van der Waals surface area (Å²) in [6.07, 6.45) is 1.39. The van der Waals surface area contributed by atoms with Crippen LogP contribution in [0.1, 0.15) is 48.0 Å². The Morgan fingerprint density at radius 3 is 2.07 bits per heavy atom. The van der Waals surface area contributed by atoms with Gasteiger partial charge < -0.3 is 0 Å². The lowest BCUT2D eigenvalue weighted by atomic mass is 9.75. The van der Waals surface area contributed by atoms with Crippen LogP contribution in [0.4, 0.5) is 0 Å². The molecule has 1 heterocycles. The summed E-state index contributed by atoms with van der Waals surface area (Å²) in [5.74, 6) is 2.63. The molecular weight excluding hydrogens is 170 g/mol. The van der Waals surface area contributed by atoms with Gasteiger partial charge in [0.15, 0.2) is 0 Å². The van der Waals surface area contributed by atoms with E-state index < -0.39 is 0 Å². The minimum absolute atomic E-state index is 0.709. The molecule has 0 aromatic carbocycles. The van der Waals surface area contributed by atoms with Crippen LogP contribution in [0.5, 0.6) is 0 Å². The van der Waals surface area contributed by atoms with Crippen LogP contribution in [0.15, 0.2) is 0 Å². The average Bonchev–Trinajstić information content (AvgIpc) is 2.08. The maximum Gasteiger partial charge on any atom is 0.00980 e. The Bertz CT molecular complexity index is 154. The topological polar surface area (TPSA) is 3.24 Å². The van der Waals surface area contributed by atoms with Gasteiger partial charge in [0.2, 0.25) is 0 Å². The summed E-state index contributed by atoms with van der Waals surface area (Å²) in [6, 6.07) is 1.47. The summed E-state index contributed by atoms with van der Waals surface area (Å²) in [4.78, 5) is 2.66. The molecule has 0 spiro atoms. The van der Waals surface area contributed by atoms with Crippen molar-refractivity contribution in [2.24, 2.45) is 17.8 Å². The van der Waals surface area contributed by atoms with Gasteiger partial charge in [-0.05, 0) is 51.5 Å². The van der Waals surface area contributed by atoms with Crippen LogP contribution in [-0.4, -0.2) is 23.5 Å². The van der Waals surface area contributed by atoms with Gasteiger partial charge in [-0.25, -0.2) is 0 Å². The predicted molar refractivity (Wildman–Crippen MR) is 63.4 cm³/mol. The molecule has 1 fully saturated rings.